The summed E-state index contributed by atoms with van der Waals surface area (Å²) in [5, 5.41) is 3.34. The fraction of sp³-hybridized carbons (Fsp3) is 0.429. The van der Waals surface area contributed by atoms with Gasteiger partial charge in [0.05, 0.1) is 0 Å². The molecule has 0 fully saturated rings. The molecule has 1 aromatic carbocycles. The Morgan fingerprint density at radius 2 is 1.88 bits per heavy atom. The lowest BCUT2D eigenvalue weighted by molar-refractivity contribution is 0.0716. The number of aromatic nitrogens is 1. The maximum absolute atomic E-state index is 12.8. The molecule has 0 aliphatic rings. The Morgan fingerprint density at radius 3 is 2.46 bits per heavy atom. The summed E-state index contributed by atoms with van der Waals surface area (Å²) in [4.78, 5) is 18.7. The van der Waals surface area contributed by atoms with E-state index in [4.69, 9.17) is 4.74 Å². The zero-order valence-electron chi connectivity index (χ0n) is 16.3. The number of hydrogen-bond donors (Lipinski definition) is 1. The second-order valence-electron chi connectivity index (χ2n) is 6.61. The predicted molar refractivity (Wildman–Crippen MR) is 106 cm³/mol. The molecular weight excluding hydrogens is 326 g/mol. The highest BCUT2D eigenvalue weighted by Crippen LogP contribution is 2.21. The molecule has 0 radical (unpaired) electrons. The van der Waals surface area contributed by atoms with Crippen LogP contribution in [0.15, 0.2) is 42.7 Å². The first-order valence-electron chi connectivity index (χ1n) is 9.20. The van der Waals surface area contributed by atoms with Crippen molar-refractivity contribution in [1.29, 1.82) is 0 Å². The molecule has 1 aromatic heterocycles. The third-order valence-electron chi connectivity index (χ3n) is 4.18. The van der Waals surface area contributed by atoms with Crippen LogP contribution >= 0.6 is 0 Å². The van der Waals surface area contributed by atoms with Gasteiger partial charge in [-0.3, -0.25) is 9.78 Å². The molecule has 0 saturated heterocycles. The second-order valence-corrected chi connectivity index (χ2v) is 6.61. The third kappa shape index (κ3) is 5.22. The highest BCUT2D eigenvalue weighted by Gasteiger charge is 2.18. The summed E-state index contributed by atoms with van der Waals surface area (Å²) < 4.78 is 6.11. The van der Waals surface area contributed by atoms with E-state index in [0.29, 0.717) is 17.9 Å². The zero-order valence-corrected chi connectivity index (χ0v) is 16.3. The van der Waals surface area contributed by atoms with Crippen molar-refractivity contribution in [3.8, 4) is 5.75 Å². The lowest BCUT2D eigenvalue weighted by Crippen LogP contribution is -2.36. The lowest BCUT2D eigenvalue weighted by atomic mass is 10.1. The number of pyridine rings is 1. The quantitative estimate of drug-likeness (QED) is 0.709. The van der Waals surface area contributed by atoms with Gasteiger partial charge in [-0.2, -0.15) is 0 Å². The summed E-state index contributed by atoms with van der Waals surface area (Å²) in [7, 11) is 0. The molecule has 2 aromatic rings. The van der Waals surface area contributed by atoms with Crippen LogP contribution < -0.4 is 10.1 Å². The number of anilines is 1. The molecular formula is C21H29N3O2. The van der Waals surface area contributed by atoms with Crippen LogP contribution in [0.2, 0.25) is 0 Å². The summed E-state index contributed by atoms with van der Waals surface area (Å²) >= 11 is 0. The SMILES string of the molecule is CCC(Nc1ccncc1)Oc1cc(C)cc(C(=O)N(CC)C(C)C)c1. The number of carbonyl (C=O) groups excluding carboxylic acids is 1. The Labute approximate surface area is 156 Å². The van der Waals surface area contributed by atoms with Gasteiger partial charge in [0.25, 0.3) is 5.91 Å². The van der Waals surface area contributed by atoms with Crippen LogP contribution in [0.4, 0.5) is 5.69 Å². The molecule has 1 amide bonds. The summed E-state index contributed by atoms with van der Waals surface area (Å²) in [6.07, 6.45) is 4.08. The minimum Gasteiger partial charge on any atom is -0.471 e. The van der Waals surface area contributed by atoms with Gasteiger partial charge in [0.1, 0.15) is 5.75 Å². The number of carbonyl (C=O) groups is 1. The lowest BCUT2D eigenvalue weighted by Gasteiger charge is -2.26. The van der Waals surface area contributed by atoms with Crippen molar-refractivity contribution in [3.63, 3.8) is 0 Å². The molecule has 0 saturated carbocycles. The third-order valence-corrected chi connectivity index (χ3v) is 4.18. The molecule has 0 aliphatic heterocycles. The highest BCUT2D eigenvalue weighted by molar-refractivity contribution is 5.95. The van der Waals surface area contributed by atoms with Crippen LogP contribution in [-0.4, -0.2) is 34.6 Å². The van der Waals surface area contributed by atoms with Crippen LogP contribution in [-0.2, 0) is 0 Å². The Kier molecular flexibility index (Phi) is 7.01. The standard InChI is InChI=1S/C21H29N3O2/c1-6-20(23-18-8-10-22-11-9-18)26-19-13-16(5)12-17(14-19)21(25)24(7-2)15(3)4/h8-15,20H,6-7H2,1-5H3,(H,22,23). The van der Waals surface area contributed by atoms with Gasteiger partial charge in [-0.15, -0.1) is 0 Å². The van der Waals surface area contributed by atoms with Gasteiger partial charge >= 0.3 is 0 Å². The number of benzene rings is 1. The first-order valence-corrected chi connectivity index (χ1v) is 9.20. The van der Waals surface area contributed by atoms with Gasteiger partial charge < -0.3 is 15.0 Å². The van der Waals surface area contributed by atoms with Gasteiger partial charge in [-0.25, -0.2) is 0 Å². The van der Waals surface area contributed by atoms with Crippen molar-refractivity contribution < 1.29 is 9.53 Å². The molecule has 0 aliphatic carbocycles. The molecule has 0 bridgehead atoms. The Balaban J connectivity index is 2.18. The van der Waals surface area contributed by atoms with E-state index < -0.39 is 0 Å². The van der Waals surface area contributed by atoms with Crippen LogP contribution in [0.3, 0.4) is 0 Å². The molecule has 5 nitrogen and oxygen atoms in total. The monoisotopic (exact) mass is 355 g/mol. The second kappa shape index (κ2) is 9.22. The van der Waals surface area contributed by atoms with Gasteiger partial charge in [0.15, 0.2) is 6.23 Å². The van der Waals surface area contributed by atoms with Crippen molar-refractivity contribution in [2.24, 2.45) is 0 Å². The first-order chi connectivity index (χ1) is 12.4. The molecule has 1 atom stereocenters. The van der Waals surface area contributed by atoms with E-state index in [1.807, 2.05) is 62.9 Å². The van der Waals surface area contributed by atoms with Gasteiger partial charge in [0.2, 0.25) is 0 Å². The topological polar surface area (TPSA) is 54.5 Å². The van der Waals surface area contributed by atoms with E-state index in [9.17, 15) is 4.79 Å². The van der Waals surface area contributed by atoms with Gasteiger partial charge in [0, 0.05) is 42.7 Å². The van der Waals surface area contributed by atoms with E-state index in [2.05, 4.69) is 17.2 Å². The maximum Gasteiger partial charge on any atom is 0.254 e. The molecule has 1 unspecified atom stereocenters. The minimum atomic E-state index is -0.186. The number of aryl methyl sites for hydroxylation is 1. The molecule has 0 spiro atoms. The molecule has 1 heterocycles. The molecule has 1 N–H and O–H groups in total. The van der Waals surface area contributed by atoms with Crippen molar-refractivity contribution in [2.75, 3.05) is 11.9 Å². The number of amides is 1. The van der Waals surface area contributed by atoms with Crippen molar-refractivity contribution in [3.05, 3.63) is 53.9 Å². The summed E-state index contributed by atoms with van der Waals surface area (Å²) in [6.45, 7) is 10.8. The van der Waals surface area contributed by atoms with Crippen molar-refractivity contribution in [1.82, 2.24) is 9.88 Å². The van der Waals surface area contributed by atoms with Crippen molar-refractivity contribution in [2.45, 2.75) is 53.3 Å². The number of nitrogens with zero attached hydrogens (tertiary/aromatic N) is 2. The van der Waals surface area contributed by atoms with Crippen LogP contribution in [0.5, 0.6) is 5.75 Å². The average molecular weight is 355 g/mol. The molecule has 5 heteroatoms. The van der Waals surface area contributed by atoms with Crippen LogP contribution in [0.25, 0.3) is 0 Å². The normalized spacial score (nSPS) is 11.9. The smallest absolute Gasteiger partial charge is 0.254 e. The number of ether oxygens (including phenoxy) is 1. The van der Waals surface area contributed by atoms with E-state index in [-0.39, 0.29) is 18.2 Å². The first kappa shape index (κ1) is 19.8. The molecule has 140 valence electrons. The number of hydrogen-bond acceptors (Lipinski definition) is 4. The number of nitrogens with one attached hydrogen (secondary N) is 1. The Bertz CT molecular complexity index is 716. The van der Waals surface area contributed by atoms with Crippen LogP contribution in [0.1, 0.15) is 50.0 Å². The van der Waals surface area contributed by atoms with Crippen molar-refractivity contribution >= 4 is 11.6 Å². The summed E-state index contributed by atoms with van der Waals surface area (Å²) in [6, 6.07) is 9.67. The highest BCUT2D eigenvalue weighted by atomic mass is 16.5. The fourth-order valence-electron chi connectivity index (χ4n) is 2.86. The van der Waals surface area contributed by atoms with E-state index >= 15 is 0 Å². The number of rotatable bonds is 8. The van der Waals surface area contributed by atoms with Gasteiger partial charge in [-0.1, -0.05) is 6.92 Å². The zero-order chi connectivity index (χ0) is 19.1. The summed E-state index contributed by atoms with van der Waals surface area (Å²) in [5.41, 5.74) is 2.62. The Hall–Kier alpha value is -2.56. The summed E-state index contributed by atoms with van der Waals surface area (Å²) in [5.74, 6) is 0.729. The average Bonchev–Trinajstić information content (AvgIpc) is 2.61. The Morgan fingerprint density at radius 1 is 1.19 bits per heavy atom. The largest absolute Gasteiger partial charge is 0.471 e. The fourth-order valence-corrected chi connectivity index (χ4v) is 2.86. The molecule has 26 heavy (non-hydrogen) atoms. The van der Waals surface area contributed by atoms with E-state index in [1.165, 1.54) is 0 Å². The van der Waals surface area contributed by atoms with Gasteiger partial charge in [-0.05, 0) is 63.6 Å². The van der Waals surface area contributed by atoms with E-state index in [0.717, 1.165) is 17.7 Å². The van der Waals surface area contributed by atoms with Crippen LogP contribution in [0, 0.1) is 6.92 Å². The minimum absolute atomic E-state index is 0.0335. The predicted octanol–water partition coefficient (Wildman–Crippen LogP) is 4.49. The van der Waals surface area contributed by atoms with E-state index in [1.54, 1.807) is 12.4 Å². The molecule has 2 rings (SSSR count). The maximum atomic E-state index is 12.8.